The molecule has 8 heteroatoms. The van der Waals surface area contributed by atoms with E-state index in [1.54, 1.807) is 18.2 Å². The lowest BCUT2D eigenvalue weighted by atomic mass is 10.3. The molecule has 0 saturated carbocycles. The molecule has 1 heterocycles. The number of fused-ring (bicyclic) bond motifs is 1. The van der Waals surface area contributed by atoms with Crippen LogP contribution in [0.1, 0.15) is 19.8 Å². The molecule has 0 aliphatic rings. The molecule has 2 aromatic carbocycles. The molecule has 3 aromatic rings. The minimum absolute atomic E-state index is 0.0853. The Morgan fingerprint density at radius 1 is 1.26 bits per heavy atom. The Hall–Kier alpha value is -1.83. The van der Waals surface area contributed by atoms with Gasteiger partial charge in [0.2, 0.25) is 5.91 Å². The fraction of sp³-hybridized carbons (Fsp3) is 0.263. The fourth-order valence-corrected chi connectivity index (χ4v) is 4.11. The Morgan fingerprint density at radius 3 is 2.89 bits per heavy atom. The zero-order valence-electron chi connectivity index (χ0n) is 14.6. The summed E-state index contributed by atoms with van der Waals surface area (Å²) in [6.07, 6.45) is 0.950. The summed E-state index contributed by atoms with van der Waals surface area (Å²) in [5, 5.41) is 4.07. The van der Waals surface area contributed by atoms with E-state index < -0.39 is 0 Å². The molecular weight excluding hydrogens is 452 g/mol. The van der Waals surface area contributed by atoms with Gasteiger partial charge in [0.15, 0.2) is 5.13 Å². The lowest BCUT2D eigenvalue weighted by Crippen LogP contribution is -2.12. The number of rotatable bonds is 8. The van der Waals surface area contributed by atoms with Crippen LogP contribution >= 0.6 is 38.9 Å². The van der Waals surface area contributed by atoms with Crippen LogP contribution in [0.2, 0.25) is 5.02 Å². The summed E-state index contributed by atoms with van der Waals surface area (Å²) in [5.41, 5.74) is 0.842. The molecule has 27 heavy (non-hydrogen) atoms. The number of anilines is 1. The summed E-state index contributed by atoms with van der Waals surface area (Å²) in [7, 11) is 0. The highest BCUT2D eigenvalue weighted by Crippen LogP contribution is 2.30. The van der Waals surface area contributed by atoms with E-state index in [0.717, 1.165) is 20.4 Å². The average molecular weight is 470 g/mol. The Kier molecular flexibility index (Phi) is 6.93. The number of benzene rings is 2. The van der Waals surface area contributed by atoms with Gasteiger partial charge in [-0.2, -0.15) is 0 Å². The maximum atomic E-state index is 12.1. The van der Waals surface area contributed by atoms with Gasteiger partial charge in [-0.05, 0) is 65.7 Å². The van der Waals surface area contributed by atoms with Crippen molar-refractivity contribution < 1.29 is 14.3 Å². The maximum absolute atomic E-state index is 12.1. The highest BCUT2D eigenvalue weighted by atomic mass is 79.9. The van der Waals surface area contributed by atoms with Crippen LogP contribution in [0.25, 0.3) is 10.2 Å². The summed E-state index contributed by atoms with van der Waals surface area (Å²) in [6, 6.07) is 11.0. The van der Waals surface area contributed by atoms with Crippen LogP contribution in [0.4, 0.5) is 5.13 Å². The van der Waals surface area contributed by atoms with Crippen molar-refractivity contribution in [3.8, 4) is 11.5 Å². The molecule has 0 saturated heterocycles. The van der Waals surface area contributed by atoms with Gasteiger partial charge >= 0.3 is 0 Å². The van der Waals surface area contributed by atoms with Gasteiger partial charge in [0.05, 0.1) is 27.9 Å². The third-order valence-corrected chi connectivity index (χ3v) is 5.41. The standard InChI is InChI=1S/C19H18BrClN2O3S/c1-2-25-13-6-7-15-17(11-13)27-19(22-15)23-18(24)4-3-9-26-16-8-5-12(21)10-14(16)20/h5-8,10-11H,2-4,9H2,1H3,(H,22,23,24). The quantitative estimate of drug-likeness (QED) is 0.417. The minimum atomic E-state index is -0.0853. The minimum Gasteiger partial charge on any atom is -0.494 e. The maximum Gasteiger partial charge on any atom is 0.226 e. The van der Waals surface area contributed by atoms with Crippen molar-refractivity contribution in [2.45, 2.75) is 19.8 Å². The van der Waals surface area contributed by atoms with Gasteiger partial charge in [-0.3, -0.25) is 4.79 Å². The SMILES string of the molecule is CCOc1ccc2nc(NC(=O)CCCOc3ccc(Cl)cc3Br)sc2c1. The molecule has 142 valence electrons. The van der Waals surface area contributed by atoms with Crippen LogP contribution in [-0.4, -0.2) is 24.1 Å². The highest BCUT2D eigenvalue weighted by molar-refractivity contribution is 9.10. The third kappa shape index (κ3) is 5.57. The number of nitrogens with one attached hydrogen (secondary N) is 1. The van der Waals surface area contributed by atoms with Crippen LogP contribution in [0.5, 0.6) is 11.5 Å². The van der Waals surface area contributed by atoms with Crippen molar-refractivity contribution >= 4 is 60.1 Å². The number of carbonyl (C=O) groups is 1. The number of aromatic nitrogens is 1. The van der Waals surface area contributed by atoms with E-state index in [2.05, 4.69) is 26.2 Å². The van der Waals surface area contributed by atoms with Crippen LogP contribution in [0, 0.1) is 0 Å². The molecule has 0 radical (unpaired) electrons. The number of hydrogen-bond donors (Lipinski definition) is 1. The van der Waals surface area contributed by atoms with Crippen molar-refractivity contribution in [3.63, 3.8) is 0 Å². The lowest BCUT2D eigenvalue weighted by molar-refractivity contribution is -0.116. The summed E-state index contributed by atoms with van der Waals surface area (Å²) < 4.78 is 12.9. The van der Waals surface area contributed by atoms with E-state index in [1.165, 1.54) is 11.3 Å². The first-order valence-corrected chi connectivity index (χ1v) is 10.4. The smallest absolute Gasteiger partial charge is 0.226 e. The predicted molar refractivity (Wildman–Crippen MR) is 113 cm³/mol. The summed E-state index contributed by atoms with van der Waals surface area (Å²) in [5.74, 6) is 1.42. The Labute approximate surface area is 174 Å². The molecule has 3 rings (SSSR count). The molecule has 0 bridgehead atoms. The molecular formula is C19H18BrClN2O3S. The summed E-state index contributed by atoms with van der Waals surface area (Å²) >= 11 is 10.7. The van der Waals surface area contributed by atoms with E-state index in [4.69, 9.17) is 21.1 Å². The molecule has 0 fully saturated rings. The molecule has 1 aromatic heterocycles. The van der Waals surface area contributed by atoms with Crippen LogP contribution in [-0.2, 0) is 4.79 Å². The van der Waals surface area contributed by atoms with E-state index in [-0.39, 0.29) is 5.91 Å². The molecule has 5 nitrogen and oxygen atoms in total. The first-order valence-electron chi connectivity index (χ1n) is 8.46. The fourth-order valence-electron chi connectivity index (χ4n) is 2.40. The third-order valence-electron chi connectivity index (χ3n) is 3.62. The van der Waals surface area contributed by atoms with Gasteiger partial charge in [-0.15, -0.1) is 0 Å². The number of nitrogens with zero attached hydrogens (tertiary/aromatic N) is 1. The zero-order valence-corrected chi connectivity index (χ0v) is 17.8. The molecule has 0 unspecified atom stereocenters. The Morgan fingerprint density at radius 2 is 2.11 bits per heavy atom. The van der Waals surface area contributed by atoms with Crippen molar-refractivity contribution in [1.29, 1.82) is 0 Å². The number of ether oxygens (including phenoxy) is 2. The normalized spacial score (nSPS) is 10.8. The molecule has 0 atom stereocenters. The molecule has 0 aliphatic carbocycles. The topological polar surface area (TPSA) is 60.5 Å². The van der Waals surface area contributed by atoms with E-state index in [1.807, 2.05) is 25.1 Å². The van der Waals surface area contributed by atoms with Gasteiger partial charge < -0.3 is 14.8 Å². The number of thiazole rings is 1. The summed E-state index contributed by atoms with van der Waals surface area (Å²) in [6.45, 7) is 2.99. The average Bonchev–Trinajstić information content (AvgIpc) is 3.02. The number of carbonyl (C=O) groups excluding carboxylic acids is 1. The number of halogens is 2. The van der Waals surface area contributed by atoms with Gasteiger partial charge in [-0.25, -0.2) is 4.98 Å². The molecule has 0 spiro atoms. The van der Waals surface area contributed by atoms with Crippen molar-refractivity contribution in [2.75, 3.05) is 18.5 Å². The Balaban J connectivity index is 1.48. The van der Waals surface area contributed by atoms with Crippen LogP contribution in [0.15, 0.2) is 40.9 Å². The van der Waals surface area contributed by atoms with Gasteiger partial charge in [0, 0.05) is 11.4 Å². The van der Waals surface area contributed by atoms with Crippen molar-refractivity contribution in [1.82, 2.24) is 4.98 Å². The van der Waals surface area contributed by atoms with Crippen LogP contribution < -0.4 is 14.8 Å². The predicted octanol–water partition coefficient (Wildman–Crippen LogP) is 5.91. The number of hydrogen-bond acceptors (Lipinski definition) is 5. The van der Waals surface area contributed by atoms with Gasteiger partial charge in [0.25, 0.3) is 0 Å². The second-order valence-corrected chi connectivity index (χ2v) is 7.98. The first-order chi connectivity index (χ1) is 13.0. The van der Waals surface area contributed by atoms with E-state index in [0.29, 0.717) is 42.0 Å². The summed E-state index contributed by atoms with van der Waals surface area (Å²) in [4.78, 5) is 16.6. The second-order valence-electron chi connectivity index (χ2n) is 5.66. The second kappa shape index (κ2) is 9.39. The molecule has 1 N–H and O–H groups in total. The van der Waals surface area contributed by atoms with E-state index in [9.17, 15) is 4.79 Å². The molecule has 0 aliphatic heterocycles. The van der Waals surface area contributed by atoms with Crippen molar-refractivity contribution in [2.24, 2.45) is 0 Å². The van der Waals surface area contributed by atoms with Gasteiger partial charge in [0.1, 0.15) is 11.5 Å². The van der Waals surface area contributed by atoms with Crippen LogP contribution in [0.3, 0.4) is 0 Å². The van der Waals surface area contributed by atoms with E-state index >= 15 is 0 Å². The first kappa shape index (κ1) is 19.9. The number of amides is 1. The largest absolute Gasteiger partial charge is 0.494 e. The van der Waals surface area contributed by atoms with Crippen molar-refractivity contribution in [3.05, 3.63) is 45.9 Å². The Bertz CT molecular complexity index is 948. The van der Waals surface area contributed by atoms with Gasteiger partial charge in [-0.1, -0.05) is 22.9 Å². The highest BCUT2D eigenvalue weighted by Gasteiger charge is 2.09. The lowest BCUT2D eigenvalue weighted by Gasteiger charge is -2.08. The monoisotopic (exact) mass is 468 g/mol. The zero-order chi connectivity index (χ0) is 19.2. The molecule has 1 amide bonds.